The molecule has 1 nitrogen and oxygen atoms in total. The lowest BCUT2D eigenvalue weighted by atomic mass is 10.00. The van der Waals surface area contributed by atoms with Gasteiger partial charge in [-0.05, 0) is 54.7 Å². The SMILES string of the molecule is OC(Cc1cccc(Br)c1)C1C2CCCC21. The third kappa shape index (κ3) is 1.93. The van der Waals surface area contributed by atoms with Crippen molar-refractivity contribution in [2.75, 3.05) is 0 Å². The van der Waals surface area contributed by atoms with E-state index >= 15 is 0 Å². The van der Waals surface area contributed by atoms with Crippen molar-refractivity contribution >= 4 is 15.9 Å². The van der Waals surface area contributed by atoms with Crippen molar-refractivity contribution in [1.82, 2.24) is 0 Å². The van der Waals surface area contributed by atoms with Crippen LogP contribution in [-0.4, -0.2) is 11.2 Å². The molecule has 2 aliphatic rings. The normalized spacial score (nSPS) is 33.5. The monoisotopic (exact) mass is 280 g/mol. The van der Waals surface area contributed by atoms with Crippen LogP contribution in [0.5, 0.6) is 0 Å². The molecule has 2 fully saturated rings. The lowest BCUT2D eigenvalue weighted by Gasteiger charge is -2.12. The maximum Gasteiger partial charge on any atom is 0.0614 e. The first-order valence-electron chi connectivity index (χ1n) is 6.18. The van der Waals surface area contributed by atoms with E-state index in [0.29, 0.717) is 5.92 Å². The van der Waals surface area contributed by atoms with Crippen molar-refractivity contribution < 1.29 is 5.11 Å². The van der Waals surface area contributed by atoms with Crippen molar-refractivity contribution in [2.24, 2.45) is 17.8 Å². The molecule has 86 valence electrons. The second-order valence-electron chi connectivity index (χ2n) is 5.24. The Balaban J connectivity index is 1.63. The van der Waals surface area contributed by atoms with E-state index in [-0.39, 0.29) is 6.10 Å². The van der Waals surface area contributed by atoms with E-state index in [1.54, 1.807) is 0 Å². The summed E-state index contributed by atoms with van der Waals surface area (Å²) < 4.78 is 1.10. The van der Waals surface area contributed by atoms with Crippen LogP contribution in [0.15, 0.2) is 28.7 Å². The van der Waals surface area contributed by atoms with E-state index in [2.05, 4.69) is 28.1 Å². The number of hydrogen-bond acceptors (Lipinski definition) is 1. The molecule has 1 aromatic rings. The van der Waals surface area contributed by atoms with Gasteiger partial charge in [0.25, 0.3) is 0 Å². The summed E-state index contributed by atoms with van der Waals surface area (Å²) >= 11 is 3.47. The molecule has 16 heavy (non-hydrogen) atoms. The van der Waals surface area contributed by atoms with Crippen LogP contribution in [0.1, 0.15) is 24.8 Å². The molecular formula is C14H17BrO. The molecule has 2 saturated carbocycles. The first-order chi connectivity index (χ1) is 7.75. The van der Waals surface area contributed by atoms with Crippen molar-refractivity contribution in [2.45, 2.75) is 31.8 Å². The second kappa shape index (κ2) is 4.15. The number of fused-ring (bicyclic) bond motifs is 1. The molecule has 0 heterocycles. The zero-order valence-corrected chi connectivity index (χ0v) is 10.9. The number of rotatable bonds is 3. The van der Waals surface area contributed by atoms with Gasteiger partial charge in [0, 0.05) is 4.47 Å². The Labute approximate surface area is 105 Å². The summed E-state index contributed by atoms with van der Waals surface area (Å²) in [6.45, 7) is 0. The molecule has 0 amide bonds. The molecule has 0 saturated heterocycles. The van der Waals surface area contributed by atoms with Crippen molar-refractivity contribution in [3.63, 3.8) is 0 Å². The Morgan fingerprint density at radius 2 is 2.06 bits per heavy atom. The molecule has 1 aromatic carbocycles. The van der Waals surface area contributed by atoms with Gasteiger partial charge in [-0.1, -0.05) is 34.5 Å². The van der Waals surface area contributed by atoms with Gasteiger partial charge >= 0.3 is 0 Å². The Kier molecular flexibility index (Phi) is 2.80. The lowest BCUT2D eigenvalue weighted by molar-refractivity contribution is 0.135. The first kappa shape index (κ1) is 10.8. The number of aliphatic hydroxyl groups is 1. The van der Waals surface area contributed by atoms with Crippen LogP contribution in [0, 0.1) is 17.8 Å². The van der Waals surface area contributed by atoms with Gasteiger partial charge in [0.2, 0.25) is 0 Å². The molecule has 0 aliphatic heterocycles. The zero-order valence-electron chi connectivity index (χ0n) is 9.27. The molecule has 2 heteroatoms. The fourth-order valence-electron chi connectivity index (χ4n) is 3.49. The van der Waals surface area contributed by atoms with Gasteiger partial charge in [-0.25, -0.2) is 0 Å². The highest BCUT2D eigenvalue weighted by atomic mass is 79.9. The van der Waals surface area contributed by atoms with Gasteiger partial charge in [-0.15, -0.1) is 0 Å². The number of aliphatic hydroxyl groups excluding tert-OH is 1. The highest BCUT2D eigenvalue weighted by molar-refractivity contribution is 9.10. The van der Waals surface area contributed by atoms with Crippen LogP contribution < -0.4 is 0 Å². The molecule has 3 atom stereocenters. The Morgan fingerprint density at radius 3 is 2.75 bits per heavy atom. The van der Waals surface area contributed by atoms with E-state index in [0.717, 1.165) is 22.7 Å². The third-order valence-corrected chi connectivity index (χ3v) is 4.74. The maximum absolute atomic E-state index is 10.2. The first-order valence-corrected chi connectivity index (χ1v) is 6.97. The molecule has 3 rings (SSSR count). The van der Waals surface area contributed by atoms with Crippen molar-refractivity contribution in [3.8, 4) is 0 Å². The summed E-state index contributed by atoms with van der Waals surface area (Å²) in [5, 5.41) is 10.2. The van der Waals surface area contributed by atoms with Gasteiger partial charge in [0.1, 0.15) is 0 Å². The van der Waals surface area contributed by atoms with Gasteiger partial charge < -0.3 is 5.11 Å². The lowest BCUT2D eigenvalue weighted by Crippen LogP contribution is -2.16. The van der Waals surface area contributed by atoms with E-state index in [4.69, 9.17) is 0 Å². The summed E-state index contributed by atoms with van der Waals surface area (Å²) in [4.78, 5) is 0. The molecule has 0 aromatic heterocycles. The van der Waals surface area contributed by atoms with Crippen molar-refractivity contribution in [3.05, 3.63) is 34.3 Å². The number of benzene rings is 1. The summed E-state index contributed by atoms with van der Waals surface area (Å²) in [6, 6.07) is 8.29. The summed E-state index contributed by atoms with van der Waals surface area (Å²) in [5.74, 6) is 2.30. The summed E-state index contributed by atoms with van der Waals surface area (Å²) in [6.07, 6.45) is 4.78. The standard InChI is InChI=1S/C14H17BrO/c15-10-4-1-3-9(7-10)8-13(16)14-11-5-2-6-12(11)14/h1,3-4,7,11-14,16H,2,5-6,8H2. The minimum Gasteiger partial charge on any atom is -0.392 e. The van der Waals surface area contributed by atoms with E-state index in [1.807, 2.05) is 12.1 Å². The van der Waals surface area contributed by atoms with E-state index < -0.39 is 0 Å². The minimum atomic E-state index is -0.121. The highest BCUT2D eigenvalue weighted by Gasteiger charge is 2.55. The highest BCUT2D eigenvalue weighted by Crippen LogP contribution is 2.59. The predicted molar refractivity (Wildman–Crippen MR) is 68.2 cm³/mol. The van der Waals surface area contributed by atoms with Crippen LogP contribution in [0.2, 0.25) is 0 Å². The largest absolute Gasteiger partial charge is 0.392 e. The van der Waals surface area contributed by atoms with Gasteiger partial charge in [0.05, 0.1) is 6.10 Å². The second-order valence-corrected chi connectivity index (χ2v) is 6.15. The fourth-order valence-corrected chi connectivity index (χ4v) is 3.94. The Bertz CT molecular complexity index is 380. The number of hydrogen-bond donors (Lipinski definition) is 1. The Morgan fingerprint density at radius 1 is 1.31 bits per heavy atom. The van der Waals surface area contributed by atoms with Crippen LogP contribution in [0.25, 0.3) is 0 Å². The van der Waals surface area contributed by atoms with Gasteiger partial charge in [-0.3, -0.25) is 0 Å². The molecule has 3 unspecified atom stereocenters. The maximum atomic E-state index is 10.2. The molecule has 0 radical (unpaired) electrons. The summed E-state index contributed by atoms with van der Waals surface area (Å²) in [5.41, 5.74) is 1.24. The van der Waals surface area contributed by atoms with E-state index in [1.165, 1.54) is 24.8 Å². The zero-order chi connectivity index (χ0) is 11.1. The van der Waals surface area contributed by atoms with Crippen molar-refractivity contribution in [1.29, 1.82) is 0 Å². The minimum absolute atomic E-state index is 0.121. The smallest absolute Gasteiger partial charge is 0.0614 e. The van der Waals surface area contributed by atoms with Gasteiger partial charge in [0.15, 0.2) is 0 Å². The van der Waals surface area contributed by atoms with Crippen LogP contribution in [0.4, 0.5) is 0 Å². The third-order valence-electron chi connectivity index (χ3n) is 4.25. The molecule has 0 spiro atoms. The van der Waals surface area contributed by atoms with Crippen LogP contribution >= 0.6 is 15.9 Å². The number of halogens is 1. The van der Waals surface area contributed by atoms with Gasteiger partial charge in [-0.2, -0.15) is 0 Å². The predicted octanol–water partition coefficient (Wildman–Crippen LogP) is 3.40. The fraction of sp³-hybridized carbons (Fsp3) is 0.571. The Hall–Kier alpha value is -0.340. The molecule has 1 N–H and O–H groups in total. The molecule has 0 bridgehead atoms. The van der Waals surface area contributed by atoms with Crippen LogP contribution in [0.3, 0.4) is 0 Å². The summed E-state index contributed by atoms with van der Waals surface area (Å²) in [7, 11) is 0. The van der Waals surface area contributed by atoms with E-state index in [9.17, 15) is 5.11 Å². The molecule has 2 aliphatic carbocycles. The topological polar surface area (TPSA) is 20.2 Å². The quantitative estimate of drug-likeness (QED) is 0.900. The average molecular weight is 281 g/mol. The molecular weight excluding hydrogens is 264 g/mol. The van der Waals surface area contributed by atoms with Crippen LogP contribution in [-0.2, 0) is 6.42 Å². The average Bonchev–Trinajstić information content (AvgIpc) is 2.73.